The molecule has 0 bridgehead atoms. The molecule has 0 aromatic carbocycles. The third kappa shape index (κ3) is 2.83. The first-order valence-corrected chi connectivity index (χ1v) is 8.30. The Labute approximate surface area is 136 Å². The van der Waals surface area contributed by atoms with Gasteiger partial charge in [-0.1, -0.05) is 6.92 Å². The van der Waals surface area contributed by atoms with Gasteiger partial charge in [0.05, 0.1) is 23.2 Å². The number of fused-ring (bicyclic) bond motifs is 1. The Hall–Kier alpha value is -1.95. The van der Waals surface area contributed by atoms with Crippen LogP contribution in [0.3, 0.4) is 0 Å². The lowest BCUT2D eigenvalue weighted by atomic mass is 10.1. The maximum atomic E-state index is 12.9. The van der Waals surface area contributed by atoms with Crippen molar-refractivity contribution >= 4 is 16.9 Å². The summed E-state index contributed by atoms with van der Waals surface area (Å²) in [5.74, 6) is 0.209. The molecule has 1 N–H and O–H groups in total. The van der Waals surface area contributed by atoms with Crippen LogP contribution in [0, 0.1) is 12.8 Å². The second-order valence-corrected chi connectivity index (χ2v) is 6.48. The summed E-state index contributed by atoms with van der Waals surface area (Å²) < 4.78 is 1.90. The lowest BCUT2D eigenvalue weighted by molar-refractivity contribution is 0.0783. The zero-order valence-corrected chi connectivity index (χ0v) is 14.0. The van der Waals surface area contributed by atoms with E-state index < -0.39 is 0 Å². The number of aryl methyl sites for hydroxylation is 1. The predicted molar refractivity (Wildman–Crippen MR) is 88.4 cm³/mol. The largest absolute Gasteiger partial charge is 0.396 e. The molecule has 124 valence electrons. The summed E-state index contributed by atoms with van der Waals surface area (Å²) in [6.07, 6.45) is 3.57. The van der Waals surface area contributed by atoms with E-state index in [0.29, 0.717) is 18.7 Å². The monoisotopic (exact) mass is 316 g/mol. The van der Waals surface area contributed by atoms with Gasteiger partial charge >= 0.3 is 0 Å². The van der Waals surface area contributed by atoms with Crippen LogP contribution in [0.5, 0.6) is 0 Å². The van der Waals surface area contributed by atoms with Gasteiger partial charge < -0.3 is 10.0 Å². The fourth-order valence-electron chi connectivity index (χ4n) is 3.15. The Bertz CT molecular complexity index is 725. The van der Waals surface area contributed by atoms with Gasteiger partial charge in [-0.2, -0.15) is 5.10 Å². The van der Waals surface area contributed by atoms with E-state index in [1.807, 2.05) is 22.6 Å². The van der Waals surface area contributed by atoms with Gasteiger partial charge in [0.1, 0.15) is 0 Å². The molecule has 2 atom stereocenters. The van der Waals surface area contributed by atoms with Crippen molar-refractivity contribution in [3.8, 4) is 0 Å². The average Bonchev–Trinajstić information content (AvgIpc) is 3.19. The molecule has 2 aromatic rings. The minimum atomic E-state index is 0.0140. The molecule has 0 radical (unpaired) electrons. The molecule has 6 heteroatoms. The van der Waals surface area contributed by atoms with Crippen LogP contribution in [-0.2, 0) is 0 Å². The normalized spacial score (nSPS) is 19.5. The highest BCUT2D eigenvalue weighted by Gasteiger charge is 2.28. The lowest BCUT2D eigenvalue weighted by Gasteiger charge is -2.17. The van der Waals surface area contributed by atoms with E-state index >= 15 is 0 Å². The number of likely N-dealkylation sites (tertiary alicyclic amines) is 1. The van der Waals surface area contributed by atoms with Crippen molar-refractivity contribution in [1.82, 2.24) is 19.7 Å². The number of carbonyl (C=O) groups excluding carboxylic acids is 1. The van der Waals surface area contributed by atoms with Crippen LogP contribution in [0.25, 0.3) is 11.0 Å². The highest BCUT2D eigenvalue weighted by Crippen LogP contribution is 2.25. The lowest BCUT2D eigenvalue weighted by Crippen LogP contribution is -2.29. The number of aliphatic hydroxyl groups is 1. The summed E-state index contributed by atoms with van der Waals surface area (Å²) in [5, 5.41) is 14.5. The SMILES string of the molecule is CCC(C)n1ncc2c(C(=O)N3CCC(CO)C3)cc(C)nc21. The second-order valence-electron chi connectivity index (χ2n) is 6.48. The first-order chi connectivity index (χ1) is 11.0. The summed E-state index contributed by atoms with van der Waals surface area (Å²) in [6, 6.07) is 2.09. The van der Waals surface area contributed by atoms with Crippen LogP contribution >= 0.6 is 0 Å². The minimum Gasteiger partial charge on any atom is -0.396 e. The molecule has 2 unspecified atom stereocenters. The van der Waals surface area contributed by atoms with Crippen molar-refractivity contribution in [1.29, 1.82) is 0 Å². The van der Waals surface area contributed by atoms with E-state index in [-0.39, 0.29) is 24.5 Å². The molecule has 1 aliphatic rings. The molecule has 23 heavy (non-hydrogen) atoms. The number of amides is 1. The van der Waals surface area contributed by atoms with Crippen molar-refractivity contribution in [2.75, 3.05) is 19.7 Å². The first kappa shape index (κ1) is 15.9. The fourth-order valence-corrected chi connectivity index (χ4v) is 3.15. The van der Waals surface area contributed by atoms with Crippen molar-refractivity contribution in [2.24, 2.45) is 5.92 Å². The molecule has 2 aromatic heterocycles. The van der Waals surface area contributed by atoms with E-state index in [2.05, 4.69) is 23.9 Å². The molecule has 0 aliphatic carbocycles. The second kappa shape index (κ2) is 6.28. The van der Waals surface area contributed by atoms with Gasteiger partial charge in [-0.05, 0) is 32.8 Å². The zero-order valence-electron chi connectivity index (χ0n) is 14.0. The number of nitrogens with zero attached hydrogens (tertiary/aromatic N) is 4. The van der Waals surface area contributed by atoms with Gasteiger partial charge in [-0.25, -0.2) is 9.67 Å². The number of aromatic nitrogens is 3. The Kier molecular flexibility index (Phi) is 4.35. The number of pyridine rings is 1. The Morgan fingerprint density at radius 2 is 2.30 bits per heavy atom. The number of hydrogen-bond acceptors (Lipinski definition) is 4. The fraction of sp³-hybridized carbons (Fsp3) is 0.588. The number of hydrogen-bond donors (Lipinski definition) is 1. The zero-order chi connectivity index (χ0) is 16.6. The van der Waals surface area contributed by atoms with Crippen molar-refractivity contribution in [3.63, 3.8) is 0 Å². The Balaban J connectivity index is 2.01. The Morgan fingerprint density at radius 1 is 1.52 bits per heavy atom. The molecule has 6 nitrogen and oxygen atoms in total. The van der Waals surface area contributed by atoms with E-state index in [4.69, 9.17) is 0 Å². The highest BCUT2D eigenvalue weighted by molar-refractivity contribution is 6.05. The van der Waals surface area contributed by atoms with Gasteiger partial charge in [0.15, 0.2) is 5.65 Å². The van der Waals surface area contributed by atoms with E-state index in [0.717, 1.165) is 29.6 Å². The quantitative estimate of drug-likeness (QED) is 0.938. The molecular formula is C17H24N4O2. The minimum absolute atomic E-state index is 0.0140. The number of aliphatic hydroxyl groups excluding tert-OH is 1. The molecular weight excluding hydrogens is 292 g/mol. The van der Waals surface area contributed by atoms with E-state index in [9.17, 15) is 9.90 Å². The summed E-state index contributed by atoms with van der Waals surface area (Å²) in [4.78, 5) is 19.3. The summed E-state index contributed by atoms with van der Waals surface area (Å²) in [6.45, 7) is 7.58. The van der Waals surface area contributed by atoms with Gasteiger partial charge in [0.2, 0.25) is 0 Å². The van der Waals surface area contributed by atoms with Crippen LogP contribution in [0.1, 0.15) is 48.8 Å². The van der Waals surface area contributed by atoms with Crippen molar-refractivity contribution in [2.45, 2.75) is 39.7 Å². The maximum absolute atomic E-state index is 12.9. The van der Waals surface area contributed by atoms with E-state index in [1.54, 1.807) is 6.20 Å². The van der Waals surface area contributed by atoms with Crippen molar-refractivity contribution < 1.29 is 9.90 Å². The highest BCUT2D eigenvalue weighted by atomic mass is 16.3. The van der Waals surface area contributed by atoms with Crippen LogP contribution in [0.15, 0.2) is 12.3 Å². The third-order valence-corrected chi connectivity index (χ3v) is 4.76. The van der Waals surface area contributed by atoms with Gasteiger partial charge in [0, 0.05) is 31.3 Å². The van der Waals surface area contributed by atoms with E-state index in [1.165, 1.54) is 0 Å². The van der Waals surface area contributed by atoms with Crippen LogP contribution in [-0.4, -0.2) is 50.4 Å². The predicted octanol–water partition coefficient (Wildman–Crippen LogP) is 2.17. The molecule has 3 heterocycles. The molecule has 3 rings (SSSR count). The smallest absolute Gasteiger partial charge is 0.254 e. The first-order valence-electron chi connectivity index (χ1n) is 8.30. The standard InChI is InChI=1S/C17H24N4O2/c1-4-12(3)21-16-15(8-18-21)14(7-11(2)19-16)17(23)20-6-5-13(9-20)10-22/h7-8,12-13,22H,4-6,9-10H2,1-3H3. The summed E-state index contributed by atoms with van der Waals surface area (Å²) in [7, 11) is 0. The van der Waals surface area contributed by atoms with Crippen LogP contribution in [0.4, 0.5) is 0 Å². The average molecular weight is 316 g/mol. The molecule has 0 spiro atoms. The molecule has 1 amide bonds. The third-order valence-electron chi connectivity index (χ3n) is 4.76. The topological polar surface area (TPSA) is 71.2 Å². The summed E-state index contributed by atoms with van der Waals surface area (Å²) in [5.41, 5.74) is 2.27. The number of carbonyl (C=O) groups is 1. The van der Waals surface area contributed by atoms with Crippen LogP contribution in [0.2, 0.25) is 0 Å². The Morgan fingerprint density at radius 3 is 2.96 bits per heavy atom. The molecule has 1 aliphatic heterocycles. The number of rotatable bonds is 4. The summed E-state index contributed by atoms with van der Waals surface area (Å²) >= 11 is 0. The van der Waals surface area contributed by atoms with Crippen molar-refractivity contribution in [3.05, 3.63) is 23.5 Å². The molecule has 1 fully saturated rings. The molecule has 1 saturated heterocycles. The molecule has 0 saturated carbocycles. The van der Waals surface area contributed by atoms with Gasteiger partial charge in [-0.3, -0.25) is 4.79 Å². The van der Waals surface area contributed by atoms with Gasteiger partial charge in [-0.15, -0.1) is 0 Å². The van der Waals surface area contributed by atoms with Gasteiger partial charge in [0.25, 0.3) is 5.91 Å². The van der Waals surface area contributed by atoms with Crippen LogP contribution < -0.4 is 0 Å². The maximum Gasteiger partial charge on any atom is 0.254 e.